The molecule has 1 heterocycles. The lowest BCUT2D eigenvalue weighted by Gasteiger charge is -2.20. The molecule has 0 saturated heterocycles. The molecule has 162 valence electrons. The minimum Gasteiger partial charge on any atom is -0.449 e. The number of anilines is 1. The first-order chi connectivity index (χ1) is 14.8. The van der Waals surface area contributed by atoms with Crippen LogP contribution in [0, 0.1) is 0 Å². The van der Waals surface area contributed by atoms with Crippen molar-refractivity contribution in [1.29, 1.82) is 0 Å². The second-order valence-electron chi connectivity index (χ2n) is 7.59. The number of fused-ring (bicyclic) bond motifs is 1. The molecule has 31 heavy (non-hydrogen) atoms. The lowest BCUT2D eigenvalue weighted by atomic mass is 10.1. The van der Waals surface area contributed by atoms with Gasteiger partial charge >= 0.3 is 5.97 Å². The van der Waals surface area contributed by atoms with Crippen molar-refractivity contribution in [2.24, 2.45) is 0 Å². The van der Waals surface area contributed by atoms with Crippen LogP contribution in [0.2, 0.25) is 0 Å². The van der Waals surface area contributed by atoms with Gasteiger partial charge in [-0.1, -0.05) is 26.0 Å². The van der Waals surface area contributed by atoms with Gasteiger partial charge in [0.1, 0.15) is 0 Å². The Bertz CT molecular complexity index is 1030. The molecule has 0 unspecified atom stereocenters. The van der Waals surface area contributed by atoms with Crippen molar-refractivity contribution in [1.82, 2.24) is 4.90 Å². The highest BCUT2D eigenvalue weighted by atomic mass is 16.5. The first-order valence-electron chi connectivity index (χ1n) is 10.4. The first kappa shape index (κ1) is 22.2. The van der Waals surface area contributed by atoms with Crippen molar-refractivity contribution >= 4 is 29.4 Å². The number of ether oxygens (including phenoxy) is 1. The molecule has 3 rings (SSSR count). The Morgan fingerprint density at radius 3 is 2.23 bits per heavy atom. The quantitative estimate of drug-likeness (QED) is 0.541. The number of amides is 3. The van der Waals surface area contributed by atoms with E-state index in [-0.39, 0.29) is 28.6 Å². The molecule has 2 aromatic carbocycles. The topological polar surface area (TPSA) is 92.8 Å². The zero-order chi connectivity index (χ0) is 22.7. The van der Waals surface area contributed by atoms with E-state index in [1.165, 1.54) is 30.0 Å². The summed E-state index contributed by atoms with van der Waals surface area (Å²) in [5.74, 6) is -2.00. The predicted molar refractivity (Wildman–Crippen MR) is 116 cm³/mol. The average Bonchev–Trinajstić information content (AvgIpc) is 3.03. The van der Waals surface area contributed by atoms with Gasteiger partial charge in [-0.25, -0.2) is 4.79 Å². The summed E-state index contributed by atoms with van der Waals surface area (Å²) < 4.78 is 5.27. The summed E-state index contributed by atoms with van der Waals surface area (Å²) in [5.41, 5.74) is 2.31. The van der Waals surface area contributed by atoms with Gasteiger partial charge < -0.3 is 10.1 Å². The van der Waals surface area contributed by atoms with E-state index in [1.807, 2.05) is 26.0 Å². The predicted octanol–water partition coefficient (Wildman–Crippen LogP) is 3.83. The maximum absolute atomic E-state index is 12.7. The Morgan fingerprint density at radius 1 is 0.968 bits per heavy atom. The number of rotatable bonds is 7. The minimum atomic E-state index is -1.04. The van der Waals surface area contributed by atoms with Crippen molar-refractivity contribution < 1.29 is 23.9 Å². The van der Waals surface area contributed by atoms with Crippen LogP contribution in [0.15, 0.2) is 42.5 Å². The van der Waals surface area contributed by atoms with Crippen LogP contribution in [0.4, 0.5) is 5.69 Å². The third kappa shape index (κ3) is 4.50. The Morgan fingerprint density at radius 2 is 1.61 bits per heavy atom. The summed E-state index contributed by atoms with van der Waals surface area (Å²) in [4.78, 5) is 51.3. The molecule has 0 spiro atoms. The number of carbonyl (C=O) groups is 4. The van der Waals surface area contributed by atoms with Crippen LogP contribution < -0.4 is 5.32 Å². The lowest BCUT2D eigenvalue weighted by molar-refractivity contribution is -0.123. The number of hydrogen-bond donors (Lipinski definition) is 1. The Labute approximate surface area is 181 Å². The van der Waals surface area contributed by atoms with Crippen LogP contribution >= 0.6 is 0 Å². The molecule has 0 aliphatic carbocycles. The van der Waals surface area contributed by atoms with Gasteiger partial charge in [0.15, 0.2) is 6.10 Å². The maximum atomic E-state index is 12.7. The molecule has 2 atom stereocenters. The molecule has 2 aromatic rings. The molecule has 7 nitrogen and oxygen atoms in total. The van der Waals surface area contributed by atoms with Crippen LogP contribution in [0.1, 0.15) is 70.8 Å². The van der Waals surface area contributed by atoms with E-state index in [4.69, 9.17) is 4.74 Å². The third-order valence-electron chi connectivity index (χ3n) is 5.47. The molecule has 1 N–H and O–H groups in total. The average molecular weight is 422 g/mol. The van der Waals surface area contributed by atoms with E-state index in [2.05, 4.69) is 5.32 Å². The lowest BCUT2D eigenvalue weighted by Crippen LogP contribution is -2.37. The van der Waals surface area contributed by atoms with Crippen molar-refractivity contribution in [3.05, 3.63) is 64.7 Å². The molecular formula is C24H26N2O5. The van der Waals surface area contributed by atoms with Crippen LogP contribution in [0.5, 0.6) is 0 Å². The summed E-state index contributed by atoms with van der Waals surface area (Å²) in [6, 6.07) is 11.4. The summed E-state index contributed by atoms with van der Waals surface area (Å²) in [6.45, 7) is 7.20. The van der Waals surface area contributed by atoms with Crippen LogP contribution in [-0.2, 0) is 16.0 Å². The second kappa shape index (κ2) is 9.12. The fourth-order valence-electron chi connectivity index (χ4n) is 3.32. The summed E-state index contributed by atoms with van der Waals surface area (Å²) in [5, 5.41) is 2.71. The second-order valence-corrected chi connectivity index (χ2v) is 7.59. The molecule has 1 aliphatic heterocycles. The molecular weight excluding hydrogens is 396 g/mol. The van der Waals surface area contributed by atoms with Crippen LogP contribution in [-0.4, -0.2) is 40.7 Å². The molecule has 0 saturated carbocycles. The van der Waals surface area contributed by atoms with Gasteiger partial charge in [-0.15, -0.1) is 0 Å². The maximum Gasteiger partial charge on any atom is 0.338 e. The number of nitrogens with zero attached hydrogens (tertiary/aromatic N) is 1. The molecule has 0 radical (unpaired) electrons. The van der Waals surface area contributed by atoms with Gasteiger partial charge in [0.2, 0.25) is 0 Å². The summed E-state index contributed by atoms with van der Waals surface area (Å²) >= 11 is 0. The highest BCUT2D eigenvalue weighted by Gasteiger charge is 2.38. The fourth-order valence-corrected chi connectivity index (χ4v) is 3.32. The Balaban J connectivity index is 1.68. The fraction of sp³-hybridized carbons (Fsp3) is 0.333. The van der Waals surface area contributed by atoms with Crippen molar-refractivity contribution in [2.45, 2.75) is 52.7 Å². The Hall–Kier alpha value is -3.48. The normalized spacial score (nSPS) is 14.8. The van der Waals surface area contributed by atoms with Gasteiger partial charge in [-0.2, -0.15) is 0 Å². The largest absolute Gasteiger partial charge is 0.449 e. The minimum absolute atomic E-state index is 0.109. The molecule has 1 aliphatic rings. The zero-order valence-electron chi connectivity index (χ0n) is 18.1. The van der Waals surface area contributed by atoms with Crippen molar-refractivity contribution in [2.75, 3.05) is 5.32 Å². The van der Waals surface area contributed by atoms with Gasteiger partial charge in [-0.3, -0.25) is 19.3 Å². The van der Waals surface area contributed by atoms with Crippen LogP contribution in [0.25, 0.3) is 0 Å². The van der Waals surface area contributed by atoms with E-state index < -0.39 is 23.9 Å². The molecule has 3 amide bonds. The number of nitrogens with one attached hydrogen (secondary N) is 1. The first-order valence-corrected chi connectivity index (χ1v) is 10.4. The van der Waals surface area contributed by atoms with E-state index in [0.29, 0.717) is 12.1 Å². The van der Waals surface area contributed by atoms with E-state index in [9.17, 15) is 19.2 Å². The molecule has 7 heteroatoms. The number of carbonyl (C=O) groups excluding carboxylic acids is 4. The van der Waals surface area contributed by atoms with Gasteiger partial charge in [0.25, 0.3) is 17.7 Å². The molecule has 0 bridgehead atoms. The third-order valence-corrected chi connectivity index (χ3v) is 5.47. The standard InChI is InChI=1S/C24H26N2O5/c1-5-14(3)26-22(28)19-12-9-17(13-20(19)23(26)29)24(30)31-15(4)21(27)25-18-10-7-16(6-2)8-11-18/h7-15H,5-6H2,1-4H3,(H,25,27)/t14-,15-/m1/s1. The van der Waals surface area contributed by atoms with E-state index >= 15 is 0 Å². The molecule has 0 aromatic heterocycles. The highest BCUT2D eigenvalue weighted by molar-refractivity contribution is 6.22. The SMILES string of the molecule is CCc1ccc(NC(=O)[C@@H](C)OC(=O)c2ccc3c(c2)C(=O)N([C@H](C)CC)C3=O)cc1. The van der Waals surface area contributed by atoms with E-state index in [1.54, 1.807) is 19.1 Å². The van der Waals surface area contributed by atoms with Crippen molar-refractivity contribution in [3.8, 4) is 0 Å². The zero-order valence-corrected chi connectivity index (χ0v) is 18.1. The smallest absolute Gasteiger partial charge is 0.338 e. The highest BCUT2D eigenvalue weighted by Crippen LogP contribution is 2.27. The number of esters is 1. The van der Waals surface area contributed by atoms with Gasteiger partial charge in [0, 0.05) is 11.7 Å². The number of hydrogen-bond acceptors (Lipinski definition) is 5. The number of imide groups is 1. The number of benzene rings is 2. The van der Waals surface area contributed by atoms with Gasteiger partial charge in [-0.05, 0) is 62.6 Å². The molecule has 0 fully saturated rings. The summed E-state index contributed by atoms with van der Waals surface area (Å²) in [7, 11) is 0. The summed E-state index contributed by atoms with van der Waals surface area (Å²) in [6.07, 6.45) is 0.487. The van der Waals surface area contributed by atoms with E-state index in [0.717, 1.165) is 12.0 Å². The van der Waals surface area contributed by atoms with Crippen molar-refractivity contribution in [3.63, 3.8) is 0 Å². The number of aryl methyl sites for hydroxylation is 1. The monoisotopic (exact) mass is 422 g/mol. The Kier molecular flexibility index (Phi) is 6.53. The van der Waals surface area contributed by atoms with Crippen LogP contribution in [0.3, 0.4) is 0 Å². The van der Waals surface area contributed by atoms with Gasteiger partial charge in [0.05, 0.1) is 16.7 Å².